The fourth-order valence-electron chi connectivity index (χ4n) is 2.58. The van der Waals surface area contributed by atoms with Gasteiger partial charge in [0, 0.05) is 16.8 Å². The van der Waals surface area contributed by atoms with Gasteiger partial charge in [-0.2, -0.15) is 5.26 Å². The molecule has 19 heavy (non-hydrogen) atoms. The van der Waals surface area contributed by atoms with E-state index in [0.29, 0.717) is 18.2 Å². The van der Waals surface area contributed by atoms with Crippen molar-refractivity contribution in [2.45, 2.75) is 18.9 Å². The molecule has 2 aromatic carbocycles. The molecule has 1 fully saturated rings. The van der Waals surface area contributed by atoms with Crippen LogP contribution in [0.2, 0.25) is 0 Å². The zero-order valence-corrected chi connectivity index (χ0v) is 10.7. The Labute approximate surface area is 112 Å². The third-order valence-electron chi connectivity index (χ3n) is 3.61. The molecule has 3 heteroatoms. The number of rotatable bonds is 3. The van der Waals surface area contributed by atoms with Crippen LogP contribution < -0.4 is 10.1 Å². The Bertz CT molecular complexity index is 624. The minimum atomic E-state index is 0.453. The highest BCUT2D eigenvalue weighted by Gasteiger charge is 2.15. The maximum atomic E-state index is 9.13. The second-order valence-corrected chi connectivity index (χ2v) is 4.87. The summed E-state index contributed by atoms with van der Waals surface area (Å²) in [4.78, 5) is 0. The van der Waals surface area contributed by atoms with E-state index in [4.69, 9.17) is 10.00 Å². The molecule has 0 aromatic heterocycles. The number of hydrogen-bond donors (Lipinski definition) is 1. The molecule has 2 aromatic rings. The lowest BCUT2D eigenvalue weighted by Gasteiger charge is -2.14. The van der Waals surface area contributed by atoms with Crippen molar-refractivity contribution in [1.29, 1.82) is 5.26 Å². The summed E-state index contributed by atoms with van der Waals surface area (Å²) in [6.45, 7) is 1.78. The Hall–Kier alpha value is -2.05. The van der Waals surface area contributed by atoms with Crippen LogP contribution in [0.5, 0.6) is 5.75 Å². The quantitative estimate of drug-likeness (QED) is 0.913. The fourth-order valence-corrected chi connectivity index (χ4v) is 2.58. The van der Waals surface area contributed by atoms with Crippen LogP contribution >= 0.6 is 0 Å². The first kappa shape index (κ1) is 12.0. The maximum Gasteiger partial charge on any atom is 0.127 e. The van der Waals surface area contributed by atoms with Gasteiger partial charge in [0.05, 0.1) is 11.6 Å². The molecule has 1 atom stereocenters. The molecule has 0 radical (unpaired) electrons. The second kappa shape index (κ2) is 5.29. The van der Waals surface area contributed by atoms with Crippen molar-refractivity contribution >= 4 is 10.8 Å². The van der Waals surface area contributed by atoms with Gasteiger partial charge in [0.1, 0.15) is 12.4 Å². The summed E-state index contributed by atoms with van der Waals surface area (Å²) in [7, 11) is 0. The van der Waals surface area contributed by atoms with E-state index in [1.54, 1.807) is 0 Å². The highest BCUT2D eigenvalue weighted by atomic mass is 16.5. The summed E-state index contributed by atoms with van der Waals surface area (Å²) in [5, 5.41) is 14.5. The zero-order valence-electron chi connectivity index (χ0n) is 10.7. The molecule has 0 saturated carbocycles. The fraction of sp³-hybridized carbons (Fsp3) is 0.312. The number of nitrogens with zero attached hydrogens (tertiary/aromatic N) is 1. The molecule has 3 rings (SSSR count). The lowest BCUT2D eigenvalue weighted by Crippen LogP contribution is -2.28. The lowest BCUT2D eigenvalue weighted by atomic mass is 10.0. The molecule has 0 spiro atoms. The van der Waals surface area contributed by atoms with Gasteiger partial charge in [-0.3, -0.25) is 0 Å². The molecule has 3 nitrogen and oxygen atoms in total. The van der Waals surface area contributed by atoms with Crippen molar-refractivity contribution in [2.75, 3.05) is 13.2 Å². The highest BCUT2D eigenvalue weighted by Crippen LogP contribution is 2.28. The average Bonchev–Trinajstić information content (AvgIpc) is 2.98. The van der Waals surface area contributed by atoms with Gasteiger partial charge in [-0.05, 0) is 31.5 Å². The van der Waals surface area contributed by atoms with Gasteiger partial charge in [-0.25, -0.2) is 0 Å². The van der Waals surface area contributed by atoms with Crippen molar-refractivity contribution in [2.24, 2.45) is 0 Å². The van der Waals surface area contributed by atoms with E-state index in [-0.39, 0.29) is 0 Å². The third kappa shape index (κ3) is 2.40. The van der Waals surface area contributed by atoms with Gasteiger partial charge in [-0.1, -0.05) is 24.3 Å². The Morgan fingerprint density at radius 3 is 2.79 bits per heavy atom. The number of nitrogens with one attached hydrogen (secondary N) is 1. The van der Waals surface area contributed by atoms with Gasteiger partial charge >= 0.3 is 0 Å². The Morgan fingerprint density at radius 2 is 2.05 bits per heavy atom. The topological polar surface area (TPSA) is 45.0 Å². The third-order valence-corrected chi connectivity index (χ3v) is 3.61. The van der Waals surface area contributed by atoms with Gasteiger partial charge in [0.2, 0.25) is 0 Å². The summed E-state index contributed by atoms with van der Waals surface area (Å²) in [5.41, 5.74) is 0.696. The first-order valence-corrected chi connectivity index (χ1v) is 6.66. The smallest absolute Gasteiger partial charge is 0.127 e. The molecule has 0 aliphatic carbocycles. The van der Waals surface area contributed by atoms with Crippen molar-refractivity contribution in [3.63, 3.8) is 0 Å². The van der Waals surface area contributed by atoms with Crippen molar-refractivity contribution in [3.05, 3.63) is 42.0 Å². The second-order valence-electron chi connectivity index (χ2n) is 4.87. The lowest BCUT2D eigenvalue weighted by molar-refractivity contribution is 0.280. The first-order valence-electron chi connectivity index (χ1n) is 6.66. The van der Waals surface area contributed by atoms with E-state index >= 15 is 0 Å². The molecule has 96 valence electrons. The monoisotopic (exact) mass is 252 g/mol. The van der Waals surface area contributed by atoms with E-state index < -0.39 is 0 Å². The van der Waals surface area contributed by atoms with Crippen LogP contribution in [0.4, 0.5) is 0 Å². The Kier molecular flexibility index (Phi) is 3.35. The molecule has 1 unspecified atom stereocenters. The van der Waals surface area contributed by atoms with E-state index in [2.05, 4.69) is 11.4 Å². The van der Waals surface area contributed by atoms with Gasteiger partial charge in [0.15, 0.2) is 0 Å². The number of ether oxygens (including phenoxy) is 1. The largest absolute Gasteiger partial charge is 0.491 e. The predicted molar refractivity (Wildman–Crippen MR) is 75.2 cm³/mol. The molecule has 1 N–H and O–H groups in total. The molecule has 1 aliphatic heterocycles. The summed E-state index contributed by atoms with van der Waals surface area (Å²) in [6.07, 6.45) is 2.40. The molecule has 0 amide bonds. The van der Waals surface area contributed by atoms with E-state index in [0.717, 1.165) is 23.1 Å². The van der Waals surface area contributed by atoms with Crippen LogP contribution in [0, 0.1) is 11.3 Å². The van der Waals surface area contributed by atoms with Crippen LogP contribution in [-0.2, 0) is 0 Å². The number of fused-ring (bicyclic) bond motifs is 1. The standard InChI is InChI=1S/C16H16N2O/c17-10-12-7-8-16(15-6-2-1-5-14(12)15)19-11-13-4-3-9-18-13/h1-2,5-8,13,18H,3-4,9,11H2. The summed E-state index contributed by atoms with van der Waals surface area (Å²) >= 11 is 0. The first-order chi connectivity index (χ1) is 9.38. The molecule has 1 heterocycles. The Balaban J connectivity index is 1.89. The molecule has 1 saturated heterocycles. The molecule has 0 bridgehead atoms. The van der Waals surface area contributed by atoms with Crippen LogP contribution in [0.1, 0.15) is 18.4 Å². The summed E-state index contributed by atoms with van der Waals surface area (Å²) in [5.74, 6) is 0.864. The minimum absolute atomic E-state index is 0.453. The van der Waals surface area contributed by atoms with E-state index in [1.807, 2.05) is 36.4 Å². The summed E-state index contributed by atoms with van der Waals surface area (Å²) < 4.78 is 5.93. The van der Waals surface area contributed by atoms with Crippen LogP contribution in [-0.4, -0.2) is 19.2 Å². The Morgan fingerprint density at radius 1 is 1.21 bits per heavy atom. The van der Waals surface area contributed by atoms with Crippen molar-refractivity contribution < 1.29 is 4.74 Å². The van der Waals surface area contributed by atoms with E-state index in [9.17, 15) is 0 Å². The number of nitriles is 1. The van der Waals surface area contributed by atoms with Gasteiger partial charge in [0.25, 0.3) is 0 Å². The normalized spacial score (nSPS) is 18.4. The molecule has 1 aliphatic rings. The SMILES string of the molecule is N#Cc1ccc(OCC2CCCN2)c2ccccc12. The van der Waals surface area contributed by atoms with Crippen LogP contribution in [0.25, 0.3) is 10.8 Å². The predicted octanol–water partition coefficient (Wildman–Crippen LogP) is 2.84. The average molecular weight is 252 g/mol. The highest BCUT2D eigenvalue weighted by molar-refractivity contribution is 5.92. The van der Waals surface area contributed by atoms with Crippen LogP contribution in [0.15, 0.2) is 36.4 Å². The van der Waals surface area contributed by atoms with Crippen molar-refractivity contribution in [3.8, 4) is 11.8 Å². The van der Waals surface area contributed by atoms with Crippen molar-refractivity contribution in [1.82, 2.24) is 5.32 Å². The zero-order chi connectivity index (χ0) is 13.1. The van der Waals surface area contributed by atoms with Crippen LogP contribution in [0.3, 0.4) is 0 Å². The van der Waals surface area contributed by atoms with Gasteiger partial charge < -0.3 is 10.1 Å². The van der Waals surface area contributed by atoms with Gasteiger partial charge in [-0.15, -0.1) is 0 Å². The molecular formula is C16H16N2O. The minimum Gasteiger partial charge on any atom is -0.491 e. The molecular weight excluding hydrogens is 236 g/mol. The summed E-state index contributed by atoms with van der Waals surface area (Å²) in [6, 6.07) is 14.3. The number of hydrogen-bond acceptors (Lipinski definition) is 3. The number of benzene rings is 2. The van der Waals surface area contributed by atoms with E-state index in [1.165, 1.54) is 12.8 Å². The maximum absolute atomic E-state index is 9.13.